The van der Waals surface area contributed by atoms with E-state index in [1.807, 2.05) is 35.0 Å². The Labute approximate surface area is 107 Å². The summed E-state index contributed by atoms with van der Waals surface area (Å²) in [5.74, 6) is 0.881. The monoisotopic (exact) mass is 245 g/mol. The highest BCUT2D eigenvalue weighted by molar-refractivity contribution is 5.35. The predicted octanol–water partition coefficient (Wildman–Crippen LogP) is 2.37. The Kier molecular flexibility index (Phi) is 4.36. The molecule has 0 saturated heterocycles. The first-order valence-corrected chi connectivity index (χ1v) is 6.24. The number of hydrogen-bond acceptors (Lipinski definition) is 3. The van der Waals surface area contributed by atoms with E-state index in [1.54, 1.807) is 12.5 Å². The number of hydrogen-bond donors (Lipinski definition) is 1. The van der Waals surface area contributed by atoms with Gasteiger partial charge in [-0.05, 0) is 12.5 Å². The van der Waals surface area contributed by atoms with Crippen molar-refractivity contribution in [1.29, 1.82) is 0 Å². The van der Waals surface area contributed by atoms with Crippen molar-refractivity contribution in [3.05, 3.63) is 48.5 Å². The minimum absolute atomic E-state index is 0.0365. The lowest BCUT2D eigenvalue weighted by Gasteiger charge is -2.15. The SMILES string of the molecule is CC[C@H](N)c1ccccc1OCCn1ccnc1. The van der Waals surface area contributed by atoms with Gasteiger partial charge in [-0.3, -0.25) is 0 Å². The van der Waals surface area contributed by atoms with Crippen LogP contribution >= 0.6 is 0 Å². The molecule has 1 aromatic carbocycles. The summed E-state index contributed by atoms with van der Waals surface area (Å²) < 4.78 is 7.79. The molecule has 0 fully saturated rings. The van der Waals surface area contributed by atoms with Crippen LogP contribution in [-0.4, -0.2) is 16.2 Å². The molecule has 0 amide bonds. The highest BCUT2D eigenvalue weighted by Gasteiger charge is 2.09. The maximum Gasteiger partial charge on any atom is 0.124 e. The topological polar surface area (TPSA) is 53.1 Å². The van der Waals surface area contributed by atoms with Gasteiger partial charge in [0.1, 0.15) is 12.4 Å². The van der Waals surface area contributed by atoms with Crippen LogP contribution in [0, 0.1) is 0 Å². The van der Waals surface area contributed by atoms with Crippen molar-refractivity contribution >= 4 is 0 Å². The van der Waals surface area contributed by atoms with Crippen molar-refractivity contribution in [3.63, 3.8) is 0 Å². The van der Waals surface area contributed by atoms with Gasteiger partial charge in [0, 0.05) is 24.0 Å². The van der Waals surface area contributed by atoms with Gasteiger partial charge in [0.05, 0.1) is 12.9 Å². The molecule has 0 radical (unpaired) electrons. The average Bonchev–Trinajstić information content (AvgIpc) is 2.92. The smallest absolute Gasteiger partial charge is 0.124 e. The second-order valence-electron chi connectivity index (χ2n) is 4.20. The molecule has 2 N–H and O–H groups in total. The summed E-state index contributed by atoms with van der Waals surface area (Å²) in [4.78, 5) is 3.99. The van der Waals surface area contributed by atoms with Crippen LogP contribution in [0.5, 0.6) is 5.75 Å². The molecule has 4 heteroatoms. The molecule has 1 heterocycles. The average molecular weight is 245 g/mol. The number of para-hydroxylation sites is 1. The van der Waals surface area contributed by atoms with Crippen LogP contribution in [0.15, 0.2) is 43.0 Å². The van der Waals surface area contributed by atoms with Crippen LogP contribution in [0.2, 0.25) is 0 Å². The summed E-state index contributed by atoms with van der Waals surface area (Å²) in [5.41, 5.74) is 7.14. The number of rotatable bonds is 6. The van der Waals surface area contributed by atoms with Gasteiger partial charge in [-0.2, -0.15) is 0 Å². The number of imidazole rings is 1. The van der Waals surface area contributed by atoms with Gasteiger partial charge in [0.2, 0.25) is 0 Å². The summed E-state index contributed by atoms with van der Waals surface area (Å²) in [6.07, 6.45) is 6.38. The van der Waals surface area contributed by atoms with E-state index < -0.39 is 0 Å². The molecule has 0 aliphatic heterocycles. The lowest BCUT2D eigenvalue weighted by atomic mass is 10.0. The largest absolute Gasteiger partial charge is 0.491 e. The summed E-state index contributed by atoms with van der Waals surface area (Å²) in [7, 11) is 0. The van der Waals surface area contributed by atoms with E-state index in [1.165, 1.54) is 0 Å². The molecule has 96 valence electrons. The Hall–Kier alpha value is -1.81. The van der Waals surface area contributed by atoms with Gasteiger partial charge in [-0.25, -0.2) is 4.98 Å². The Balaban J connectivity index is 1.96. The van der Waals surface area contributed by atoms with Gasteiger partial charge in [-0.1, -0.05) is 25.1 Å². The molecule has 1 aromatic heterocycles. The molecule has 0 spiro atoms. The van der Waals surface area contributed by atoms with Crippen molar-refractivity contribution in [1.82, 2.24) is 9.55 Å². The van der Waals surface area contributed by atoms with Crippen LogP contribution < -0.4 is 10.5 Å². The molecule has 0 bridgehead atoms. The summed E-state index contributed by atoms with van der Waals surface area (Å²) in [5, 5.41) is 0. The third-order valence-corrected chi connectivity index (χ3v) is 2.92. The molecule has 0 saturated carbocycles. The Morgan fingerprint density at radius 1 is 1.39 bits per heavy atom. The van der Waals surface area contributed by atoms with Crippen LogP contribution in [0.4, 0.5) is 0 Å². The van der Waals surface area contributed by atoms with E-state index in [0.717, 1.165) is 24.3 Å². The highest BCUT2D eigenvalue weighted by Crippen LogP contribution is 2.25. The molecule has 0 unspecified atom stereocenters. The lowest BCUT2D eigenvalue weighted by Crippen LogP contribution is -2.12. The zero-order chi connectivity index (χ0) is 12.8. The van der Waals surface area contributed by atoms with Crippen LogP contribution in [0.3, 0.4) is 0 Å². The van der Waals surface area contributed by atoms with Crippen molar-refractivity contribution < 1.29 is 4.74 Å². The number of ether oxygens (including phenoxy) is 1. The van der Waals surface area contributed by atoms with Gasteiger partial charge >= 0.3 is 0 Å². The number of nitrogens with two attached hydrogens (primary N) is 1. The minimum atomic E-state index is 0.0365. The van der Waals surface area contributed by atoms with E-state index in [9.17, 15) is 0 Å². The molecular formula is C14H19N3O. The maximum atomic E-state index is 6.07. The molecule has 0 aliphatic carbocycles. The predicted molar refractivity (Wildman–Crippen MR) is 71.4 cm³/mol. The van der Waals surface area contributed by atoms with E-state index in [2.05, 4.69) is 11.9 Å². The second-order valence-corrected chi connectivity index (χ2v) is 4.20. The minimum Gasteiger partial charge on any atom is -0.491 e. The molecule has 2 aromatic rings. The fourth-order valence-corrected chi connectivity index (χ4v) is 1.82. The first-order valence-electron chi connectivity index (χ1n) is 6.24. The van der Waals surface area contributed by atoms with Crippen molar-refractivity contribution in [3.8, 4) is 5.75 Å². The standard InChI is InChI=1S/C14H19N3O/c1-2-13(15)12-5-3-4-6-14(12)18-10-9-17-8-7-16-11-17/h3-8,11,13H,2,9-10,15H2,1H3/t13-/m0/s1. The summed E-state index contributed by atoms with van der Waals surface area (Å²) in [6.45, 7) is 3.48. The second kappa shape index (κ2) is 6.21. The lowest BCUT2D eigenvalue weighted by molar-refractivity contribution is 0.293. The third kappa shape index (κ3) is 3.11. The Bertz CT molecular complexity index is 468. The molecule has 1 atom stereocenters. The first-order chi connectivity index (χ1) is 8.81. The van der Waals surface area contributed by atoms with Gasteiger partial charge in [0.25, 0.3) is 0 Å². The summed E-state index contributed by atoms with van der Waals surface area (Å²) in [6, 6.07) is 8.00. The van der Waals surface area contributed by atoms with E-state index in [-0.39, 0.29) is 6.04 Å². The zero-order valence-corrected chi connectivity index (χ0v) is 10.6. The first kappa shape index (κ1) is 12.6. The van der Waals surface area contributed by atoms with Gasteiger partial charge in [-0.15, -0.1) is 0 Å². The van der Waals surface area contributed by atoms with Crippen LogP contribution in [-0.2, 0) is 6.54 Å². The Morgan fingerprint density at radius 3 is 2.94 bits per heavy atom. The molecule has 4 nitrogen and oxygen atoms in total. The maximum absolute atomic E-state index is 6.07. The summed E-state index contributed by atoms with van der Waals surface area (Å²) >= 11 is 0. The van der Waals surface area contributed by atoms with E-state index in [0.29, 0.717) is 6.61 Å². The molecule has 0 aliphatic rings. The molecule has 2 rings (SSSR count). The van der Waals surface area contributed by atoms with E-state index in [4.69, 9.17) is 10.5 Å². The van der Waals surface area contributed by atoms with Crippen LogP contribution in [0.1, 0.15) is 24.9 Å². The molecular weight excluding hydrogens is 226 g/mol. The van der Waals surface area contributed by atoms with Gasteiger partial charge in [0.15, 0.2) is 0 Å². The number of aromatic nitrogens is 2. The Morgan fingerprint density at radius 2 is 2.22 bits per heavy atom. The molecule has 18 heavy (non-hydrogen) atoms. The zero-order valence-electron chi connectivity index (χ0n) is 10.6. The van der Waals surface area contributed by atoms with Crippen LogP contribution in [0.25, 0.3) is 0 Å². The third-order valence-electron chi connectivity index (χ3n) is 2.92. The quantitative estimate of drug-likeness (QED) is 0.850. The highest BCUT2D eigenvalue weighted by atomic mass is 16.5. The van der Waals surface area contributed by atoms with Crippen molar-refractivity contribution in [2.45, 2.75) is 25.9 Å². The van der Waals surface area contributed by atoms with E-state index >= 15 is 0 Å². The fourth-order valence-electron chi connectivity index (χ4n) is 1.82. The number of benzene rings is 1. The fraction of sp³-hybridized carbons (Fsp3) is 0.357. The van der Waals surface area contributed by atoms with Gasteiger partial charge < -0.3 is 15.0 Å². The normalized spacial score (nSPS) is 12.3. The van der Waals surface area contributed by atoms with Crippen molar-refractivity contribution in [2.24, 2.45) is 5.73 Å². The number of nitrogens with zero attached hydrogens (tertiary/aromatic N) is 2. The van der Waals surface area contributed by atoms with Crippen molar-refractivity contribution in [2.75, 3.05) is 6.61 Å².